The molecule has 1 aliphatic heterocycles. The number of nitrogens with one attached hydrogen (secondary N) is 1. The van der Waals surface area contributed by atoms with Gasteiger partial charge in [-0.3, -0.25) is 0 Å². The van der Waals surface area contributed by atoms with E-state index in [1.165, 1.54) is 6.07 Å². The van der Waals surface area contributed by atoms with Gasteiger partial charge in [0.05, 0.1) is 12.7 Å². The summed E-state index contributed by atoms with van der Waals surface area (Å²) in [5.74, 6) is 1.48. The van der Waals surface area contributed by atoms with Gasteiger partial charge >= 0.3 is 0 Å². The first-order chi connectivity index (χ1) is 14.8. The van der Waals surface area contributed by atoms with Crippen LogP contribution in [0.15, 0.2) is 42.6 Å². The lowest BCUT2D eigenvalue weighted by molar-refractivity contribution is -0.107. The Kier molecular flexibility index (Phi) is 5.33. The number of ether oxygens (including phenoxy) is 2. The van der Waals surface area contributed by atoms with Crippen LogP contribution in [0.1, 0.15) is 50.4 Å². The third kappa shape index (κ3) is 3.82. The zero-order valence-electron chi connectivity index (χ0n) is 18.3. The van der Waals surface area contributed by atoms with Gasteiger partial charge in [-0.2, -0.15) is 0 Å². The maximum absolute atomic E-state index is 14.5. The van der Waals surface area contributed by atoms with Crippen LogP contribution in [0.25, 0.3) is 11.4 Å². The molecule has 0 radical (unpaired) electrons. The number of methoxy groups -OCH3 is 1. The molecule has 0 saturated heterocycles. The van der Waals surface area contributed by atoms with Crippen LogP contribution in [-0.2, 0) is 16.6 Å². The van der Waals surface area contributed by atoms with Crippen molar-refractivity contribution in [3.05, 3.63) is 65.2 Å². The SMILES string of the molecule is COc1ccc(F)c(-c2ncc(C3(C)CC(C)(C)Oc4c(CCC=O)cccc43)[nH]2)c1. The summed E-state index contributed by atoms with van der Waals surface area (Å²) in [5.41, 5.74) is 2.45. The molecule has 2 aromatic carbocycles. The number of aromatic amines is 1. The van der Waals surface area contributed by atoms with E-state index in [0.717, 1.165) is 28.9 Å². The minimum Gasteiger partial charge on any atom is -0.497 e. The number of halogens is 1. The highest BCUT2D eigenvalue weighted by molar-refractivity contribution is 5.60. The zero-order chi connectivity index (χ0) is 22.2. The van der Waals surface area contributed by atoms with E-state index in [2.05, 4.69) is 36.8 Å². The molecule has 5 nitrogen and oxygen atoms in total. The average Bonchev–Trinajstić information content (AvgIpc) is 3.23. The van der Waals surface area contributed by atoms with E-state index >= 15 is 0 Å². The molecule has 0 saturated carbocycles. The molecule has 0 bridgehead atoms. The van der Waals surface area contributed by atoms with E-state index < -0.39 is 11.0 Å². The predicted octanol–water partition coefficient (Wildman–Crippen LogP) is 5.22. The van der Waals surface area contributed by atoms with Crippen LogP contribution in [0.4, 0.5) is 4.39 Å². The van der Waals surface area contributed by atoms with Crippen molar-refractivity contribution < 1.29 is 18.7 Å². The lowest BCUT2D eigenvalue weighted by Gasteiger charge is -2.44. The summed E-state index contributed by atoms with van der Waals surface area (Å²) in [6.07, 6.45) is 4.49. The van der Waals surface area contributed by atoms with Crippen LogP contribution in [0.3, 0.4) is 0 Å². The molecule has 1 atom stereocenters. The van der Waals surface area contributed by atoms with Crippen molar-refractivity contribution in [2.24, 2.45) is 0 Å². The molecule has 31 heavy (non-hydrogen) atoms. The number of H-pyrrole nitrogens is 1. The number of nitrogens with zero attached hydrogens (tertiary/aromatic N) is 1. The van der Waals surface area contributed by atoms with Crippen molar-refractivity contribution in [3.8, 4) is 22.9 Å². The van der Waals surface area contributed by atoms with Crippen molar-refractivity contribution >= 4 is 6.29 Å². The van der Waals surface area contributed by atoms with Gasteiger partial charge in [-0.15, -0.1) is 0 Å². The van der Waals surface area contributed by atoms with Gasteiger partial charge in [0.15, 0.2) is 0 Å². The number of benzene rings is 2. The first-order valence-corrected chi connectivity index (χ1v) is 10.4. The highest BCUT2D eigenvalue weighted by atomic mass is 19.1. The number of carbonyl (C=O) groups is 1. The van der Waals surface area contributed by atoms with Crippen molar-refractivity contribution in [2.75, 3.05) is 7.11 Å². The van der Waals surface area contributed by atoms with Crippen LogP contribution in [0, 0.1) is 5.82 Å². The molecule has 3 aromatic rings. The molecule has 1 N–H and O–H groups in total. The number of hydrogen-bond donors (Lipinski definition) is 1. The molecule has 4 rings (SSSR count). The smallest absolute Gasteiger partial charge is 0.140 e. The predicted molar refractivity (Wildman–Crippen MR) is 117 cm³/mol. The van der Waals surface area contributed by atoms with E-state index in [-0.39, 0.29) is 5.82 Å². The van der Waals surface area contributed by atoms with Crippen LogP contribution in [0.2, 0.25) is 0 Å². The highest BCUT2D eigenvalue weighted by Crippen LogP contribution is 2.49. The minimum atomic E-state index is -0.425. The van der Waals surface area contributed by atoms with E-state index in [4.69, 9.17) is 9.47 Å². The number of carbonyl (C=O) groups excluding carboxylic acids is 1. The first-order valence-electron chi connectivity index (χ1n) is 10.4. The van der Waals surface area contributed by atoms with Gasteiger partial charge in [-0.05, 0) is 51.0 Å². The van der Waals surface area contributed by atoms with Gasteiger partial charge in [0.1, 0.15) is 35.0 Å². The Bertz CT molecular complexity index is 1120. The van der Waals surface area contributed by atoms with Crippen molar-refractivity contribution in [3.63, 3.8) is 0 Å². The Labute approximate surface area is 181 Å². The lowest BCUT2D eigenvalue weighted by atomic mass is 9.69. The first kappa shape index (κ1) is 21.1. The molecule has 0 aliphatic carbocycles. The zero-order valence-corrected chi connectivity index (χ0v) is 18.3. The fraction of sp³-hybridized carbons (Fsp3) is 0.360. The molecular weight excluding hydrogens is 395 g/mol. The lowest BCUT2D eigenvalue weighted by Crippen LogP contribution is -2.44. The standard InChI is InChI=1S/C25H27FN2O3/c1-24(2)15-25(3,19-9-5-7-16(8-6-12-29)22(19)31-24)21-14-27-23(28-21)18-13-17(30-4)10-11-20(18)26/h5,7,9-14H,6,8,15H2,1-4H3,(H,27,28). The van der Waals surface area contributed by atoms with E-state index in [1.807, 2.05) is 12.1 Å². The Morgan fingerprint density at radius 2 is 2.06 bits per heavy atom. The Balaban J connectivity index is 1.81. The van der Waals surface area contributed by atoms with E-state index in [9.17, 15) is 9.18 Å². The summed E-state index contributed by atoms with van der Waals surface area (Å²) in [6, 6.07) is 10.7. The average molecular weight is 423 g/mol. The number of aryl methyl sites for hydroxylation is 1. The van der Waals surface area contributed by atoms with E-state index in [1.54, 1.807) is 25.4 Å². The van der Waals surface area contributed by atoms with Gasteiger partial charge in [0.2, 0.25) is 0 Å². The third-order valence-electron chi connectivity index (χ3n) is 5.98. The molecule has 2 heterocycles. The molecule has 0 amide bonds. The summed E-state index contributed by atoms with van der Waals surface area (Å²) < 4.78 is 26.1. The molecule has 6 heteroatoms. The van der Waals surface area contributed by atoms with E-state index in [0.29, 0.717) is 36.4 Å². The molecule has 162 valence electrons. The second kappa shape index (κ2) is 7.84. The summed E-state index contributed by atoms with van der Waals surface area (Å²) in [5, 5.41) is 0. The maximum Gasteiger partial charge on any atom is 0.140 e. The van der Waals surface area contributed by atoms with Crippen LogP contribution in [0.5, 0.6) is 11.5 Å². The molecule has 0 spiro atoms. The Hall–Kier alpha value is -3.15. The Morgan fingerprint density at radius 1 is 1.26 bits per heavy atom. The number of hydrogen-bond acceptors (Lipinski definition) is 4. The maximum atomic E-state index is 14.5. The summed E-state index contributed by atoms with van der Waals surface area (Å²) in [7, 11) is 1.55. The monoisotopic (exact) mass is 422 g/mol. The quantitative estimate of drug-likeness (QED) is 0.553. The summed E-state index contributed by atoms with van der Waals surface area (Å²) in [6.45, 7) is 6.27. The summed E-state index contributed by atoms with van der Waals surface area (Å²) >= 11 is 0. The third-order valence-corrected chi connectivity index (χ3v) is 5.98. The minimum absolute atomic E-state index is 0.362. The molecule has 1 aromatic heterocycles. The van der Waals surface area contributed by atoms with Crippen molar-refractivity contribution in [1.82, 2.24) is 9.97 Å². The van der Waals surface area contributed by atoms with Gasteiger partial charge in [-0.1, -0.05) is 18.2 Å². The van der Waals surface area contributed by atoms with Gasteiger partial charge in [-0.25, -0.2) is 9.37 Å². The molecule has 1 unspecified atom stereocenters. The number of aromatic nitrogens is 2. The number of imidazole rings is 1. The van der Waals surface area contributed by atoms with Crippen LogP contribution in [-0.4, -0.2) is 29.0 Å². The number of fused-ring (bicyclic) bond motifs is 1. The largest absolute Gasteiger partial charge is 0.497 e. The fourth-order valence-electron chi connectivity index (χ4n) is 4.60. The molecule has 0 fully saturated rings. The van der Waals surface area contributed by atoms with Gasteiger partial charge in [0.25, 0.3) is 0 Å². The number of para-hydroxylation sites is 1. The van der Waals surface area contributed by atoms with Gasteiger partial charge in [0, 0.05) is 35.7 Å². The molecular formula is C25H27FN2O3. The van der Waals surface area contributed by atoms with Crippen molar-refractivity contribution in [2.45, 2.75) is 51.0 Å². The number of rotatable bonds is 6. The number of aldehydes is 1. The van der Waals surface area contributed by atoms with Crippen molar-refractivity contribution in [1.29, 1.82) is 0 Å². The highest BCUT2D eigenvalue weighted by Gasteiger charge is 2.45. The fourth-order valence-corrected chi connectivity index (χ4v) is 4.60. The second-order valence-corrected chi connectivity index (χ2v) is 8.86. The topological polar surface area (TPSA) is 64.2 Å². The Morgan fingerprint density at radius 3 is 2.81 bits per heavy atom. The summed E-state index contributed by atoms with van der Waals surface area (Å²) in [4.78, 5) is 18.8. The second-order valence-electron chi connectivity index (χ2n) is 8.86. The van der Waals surface area contributed by atoms with Crippen LogP contribution >= 0.6 is 0 Å². The van der Waals surface area contributed by atoms with Crippen LogP contribution < -0.4 is 9.47 Å². The van der Waals surface area contributed by atoms with Gasteiger partial charge < -0.3 is 19.3 Å². The normalized spacial score (nSPS) is 19.4. The molecule has 1 aliphatic rings.